The van der Waals surface area contributed by atoms with Gasteiger partial charge in [0.15, 0.2) is 0 Å². The Kier molecular flexibility index (Phi) is 8.40. The van der Waals surface area contributed by atoms with Crippen LogP contribution in [0.4, 0.5) is 17.5 Å². The summed E-state index contributed by atoms with van der Waals surface area (Å²) in [6.07, 6.45) is 1.33. The quantitative estimate of drug-likeness (QED) is 0.372. The summed E-state index contributed by atoms with van der Waals surface area (Å²) >= 11 is 0. The van der Waals surface area contributed by atoms with Crippen LogP contribution in [-0.2, 0) is 14.3 Å². The number of hydrogen-bond donors (Lipinski definition) is 3. The van der Waals surface area contributed by atoms with Crippen molar-refractivity contribution in [2.45, 2.75) is 52.6 Å². The standard InChI is InChI=1S/C26H33N5O3/c1-6-16(3)22(25(33)34-5)30-23-18-13-9-11-15-21(18)29-26(31-23)28-19(7-2)24(32)27-20-14-10-8-12-17(20)4/h8-16,19,22H,6-7H2,1-5H3,(H,27,32)(H2,28,29,30,31)/t16-,19+,22-/m0/s1. The van der Waals surface area contributed by atoms with Crippen LogP contribution >= 0.6 is 0 Å². The summed E-state index contributed by atoms with van der Waals surface area (Å²) < 4.78 is 5.02. The summed E-state index contributed by atoms with van der Waals surface area (Å²) in [7, 11) is 1.38. The minimum absolute atomic E-state index is 0.0286. The third-order valence-corrected chi connectivity index (χ3v) is 5.99. The lowest BCUT2D eigenvalue weighted by atomic mass is 9.99. The molecule has 0 radical (unpaired) electrons. The Labute approximate surface area is 200 Å². The number of esters is 1. The minimum atomic E-state index is -0.563. The third-order valence-electron chi connectivity index (χ3n) is 5.99. The van der Waals surface area contributed by atoms with E-state index in [0.717, 1.165) is 23.1 Å². The van der Waals surface area contributed by atoms with Crippen LogP contribution in [0.3, 0.4) is 0 Å². The van der Waals surface area contributed by atoms with Crippen LogP contribution in [0.2, 0.25) is 0 Å². The number of fused-ring (bicyclic) bond motifs is 1. The van der Waals surface area contributed by atoms with Crippen molar-refractivity contribution >= 4 is 40.2 Å². The molecule has 34 heavy (non-hydrogen) atoms. The molecule has 3 rings (SSSR count). The van der Waals surface area contributed by atoms with Gasteiger partial charge in [-0.15, -0.1) is 0 Å². The Morgan fingerprint density at radius 2 is 1.68 bits per heavy atom. The largest absolute Gasteiger partial charge is 0.467 e. The van der Waals surface area contributed by atoms with Gasteiger partial charge in [0.05, 0.1) is 12.6 Å². The van der Waals surface area contributed by atoms with Crippen LogP contribution in [0.15, 0.2) is 48.5 Å². The lowest BCUT2D eigenvalue weighted by Gasteiger charge is -2.24. The molecule has 1 heterocycles. The maximum atomic E-state index is 13.0. The van der Waals surface area contributed by atoms with Gasteiger partial charge in [-0.2, -0.15) is 4.98 Å². The number of aryl methyl sites for hydroxylation is 1. The highest BCUT2D eigenvalue weighted by atomic mass is 16.5. The Morgan fingerprint density at radius 1 is 0.971 bits per heavy atom. The first-order chi connectivity index (χ1) is 16.4. The number of hydrogen-bond acceptors (Lipinski definition) is 7. The molecular weight excluding hydrogens is 430 g/mol. The van der Waals surface area contributed by atoms with Crippen molar-refractivity contribution in [1.82, 2.24) is 9.97 Å². The minimum Gasteiger partial charge on any atom is -0.467 e. The number of carbonyl (C=O) groups is 2. The zero-order valence-corrected chi connectivity index (χ0v) is 20.4. The van der Waals surface area contributed by atoms with E-state index in [1.165, 1.54) is 7.11 Å². The highest BCUT2D eigenvalue weighted by Crippen LogP contribution is 2.25. The van der Waals surface area contributed by atoms with E-state index in [1.54, 1.807) is 0 Å². The van der Waals surface area contributed by atoms with Crippen LogP contribution in [0.25, 0.3) is 10.9 Å². The monoisotopic (exact) mass is 463 g/mol. The van der Waals surface area contributed by atoms with E-state index >= 15 is 0 Å². The number of ether oxygens (including phenoxy) is 1. The average Bonchev–Trinajstić information content (AvgIpc) is 2.86. The first-order valence-electron chi connectivity index (χ1n) is 11.6. The molecule has 1 amide bonds. The first-order valence-corrected chi connectivity index (χ1v) is 11.6. The number of methoxy groups -OCH3 is 1. The molecule has 0 unspecified atom stereocenters. The van der Waals surface area contributed by atoms with Gasteiger partial charge < -0.3 is 20.7 Å². The molecule has 8 heteroatoms. The van der Waals surface area contributed by atoms with Gasteiger partial charge in [-0.3, -0.25) is 4.79 Å². The number of para-hydroxylation sites is 2. The van der Waals surface area contributed by atoms with E-state index in [2.05, 4.69) is 25.9 Å². The van der Waals surface area contributed by atoms with Gasteiger partial charge in [-0.05, 0) is 43.0 Å². The smallest absolute Gasteiger partial charge is 0.328 e. The van der Waals surface area contributed by atoms with Crippen molar-refractivity contribution in [2.75, 3.05) is 23.1 Å². The Hall–Kier alpha value is -3.68. The summed E-state index contributed by atoms with van der Waals surface area (Å²) in [6.45, 7) is 7.88. The molecule has 2 aromatic carbocycles. The van der Waals surface area contributed by atoms with E-state index < -0.39 is 12.1 Å². The van der Waals surface area contributed by atoms with Crippen LogP contribution in [0, 0.1) is 12.8 Å². The van der Waals surface area contributed by atoms with Crippen molar-refractivity contribution in [2.24, 2.45) is 5.92 Å². The number of anilines is 3. The van der Waals surface area contributed by atoms with Gasteiger partial charge in [0.1, 0.15) is 17.9 Å². The molecule has 0 saturated carbocycles. The summed E-state index contributed by atoms with van der Waals surface area (Å²) in [5.41, 5.74) is 2.45. The molecule has 0 bridgehead atoms. The number of nitrogens with zero attached hydrogens (tertiary/aromatic N) is 2. The Balaban J connectivity index is 1.91. The molecule has 0 saturated heterocycles. The van der Waals surface area contributed by atoms with Gasteiger partial charge in [-0.1, -0.05) is 57.5 Å². The number of amides is 1. The topological polar surface area (TPSA) is 105 Å². The highest BCUT2D eigenvalue weighted by molar-refractivity contribution is 5.97. The molecule has 180 valence electrons. The molecule has 0 aliphatic rings. The Bertz CT molecular complexity index is 1150. The fraction of sp³-hybridized carbons (Fsp3) is 0.385. The van der Waals surface area contributed by atoms with Crippen molar-refractivity contribution in [3.8, 4) is 0 Å². The Morgan fingerprint density at radius 3 is 2.35 bits per heavy atom. The van der Waals surface area contributed by atoms with Crippen molar-refractivity contribution in [1.29, 1.82) is 0 Å². The van der Waals surface area contributed by atoms with Gasteiger partial charge in [-0.25, -0.2) is 9.78 Å². The normalized spacial score (nSPS) is 13.6. The maximum absolute atomic E-state index is 13.0. The molecule has 3 N–H and O–H groups in total. The number of carbonyl (C=O) groups excluding carboxylic acids is 2. The third kappa shape index (κ3) is 5.81. The van der Waals surface area contributed by atoms with Gasteiger partial charge >= 0.3 is 5.97 Å². The summed E-state index contributed by atoms with van der Waals surface area (Å²) in [6, 6.07) is 14.1. The summed E-state index contributed by atoms with van der Waals surface area (Å²) in [5.74, 6) is 0.324. The van der Waals surface area contributed by atoms with E-state index in [4.69, 9.17) is 4.74 Å². The average molecular weight is 464 g/mol. The number of nitrogens with one attached hydrogen (secondary N) is 3. The molecule has 0 spiro atoms. The molecule has 0 aliphatic heterocycles. The molecular formula is C26H33N5O3. The maximum Gasteiger partial charge on any atom is 0.328 e. The van der Waals surface area contributed by atoms with Crippen LogP contribution < -0.4 is 16.0 Å². The fourth-order valence-electron chi connectivity index (χ4n) is 3.64. The van der Waals surface area contributed by atoms with Gasteiger partial charge in [0, 0.05) is 11.1 Å². The lowest BCUT2D eigenvalue weighted by Crippen LogP contribution is -2.37. The van der Waals surface area contributed by atoms with Gasteiger partial charge in [0.25, 0.3) is 0 Å². The number of benzene rings is 2. The molecule has 0 aliphatic carbocycles. The van der Waals surface area contributed by atoms with E-state index in [0.29, 0.717) is 23.7 Å². The van der Waals surface area contributed by atoms with Crippen LogP contribution in [0.5, 0.6) is 0 Å². The SMILES string of the molecule is CC[C@@H](Nc1nc(N[C@H](C(=O)OC)[C@@H](C)CC)c2ccccc2n1)C(=O)Nc1ccccc1C. The van der Waals surface area contributed by atoms with Gasteiger partial charge in [0.2, 0.25) is 11.9 Å². The van der Waals surface area contributed by atoms with Crippen LogP contribution in [-0.4, -0.2) is 41.0 Å². The first kappa shape index (κ1) is 25.0. The summed E-state index contributed by atoms with van der Waals surface area (Å²) in [5, 5.41) is 10.2. The molecule has 3 atom stereocenters. The second-order valence-electron chi connectivity index (χ2n) is 8.35. The zero-order chi connectivity index (χ0) is 24.7. The second-order valence-corrected chi connectivity index (χ2v) is 8.35. The zero-order valence-electron chi connectivity index (χ0n) is 20.4. The van der Waals surface area contributed by atoms with Crippen molar-refractivity contribution < 1.29 is 14.3 Å². The second kappa shape index (κ2) is 11.4. The molecule has 1 aromatic heterocycles. The lowest BCUT2D eigenvalue weighted by molar-refractivity contribution is -0.142. The molecule has 3 aromatic rings. The van der Waals surface area contributed by atoms with Crippen LogP contribution in [0.1, 0.15) is 39.2 Å². The van der Waals surface area contributed by atoms with E-state index in [1.807, 2.05) is 76.2 Å². The summed E-state index contributed by atoms with van der Waals surface area (Å²) in [4.78, 5) is 34.7. The van der Waals surface area contributed by atoms with E-state index in [9.17, 15) is 9.59 Å². The molecule has 0 fully saturated rings. The molecule has 8 nitrogen and oxygen atoms in total. The van der Waals surface area contributed by atoms with Crippen molar-refractivity contribution in [3.63, 3.8) is 0 Å². The van der Waals surface area contributed by atoms with E-state index in [-0.39, 0.29) is 17.8 Å². The number of aromatic nitrogens is 2. The number of rotatable bonds is 10. The predicted molar refractivity (Wildman–Crippen MR) is 136 cm³/mol. The van der Waals surface area contributed by atoms with Crippen molar-refractivity contribution in [3.05, 3.63) is 54.1 Å². The highest BCUT2D eigenvalue weighted by Gasteiger charge is 2.26. The predicted octanol–water partition coefficient (Wildman–Crippen LogP) is 4.77. The fourth-order valence-corrected chi connectivity index (χ4v) is 3.64.